The van der Waals surface area contributed by atoms with Crippen LogP contribution in [0.15, 0.2) is 0 Å². The predicted octanol–water partition coefficient (Wildman–Crippen LogP) is 2.04. The molecule has 0 N–H and O–H groups in total. The second kappa shape index (κ2) is 12.5. The molecule has 1 saturated heterocycles. The van der Waals surface area contributed by atoms with Crippen LogP contribution in [0.25, 0.3) is 0 Å². The van der Waals surface area contributed by atoms with Gasteiger partial charge in [-0.1, -0.05) is 0 Å². The van der Waals surface area contributed by atoms with Crippen molar-refractivity contribution in [3.05, 3.63) is 0 Å². The number of likely N-dealkylation sites (N-methyl/N-ethyl adjacent to an activating group) is 1. The van der Waals surface area contributed by atoms with Gasteiger partial charge in [-0.15, -0.1) is 23.2 Å². The molecule has 1 rings (SSSR count). The van der Waals surface area contributed by atoms with Gasteiger partial charge in [-0.25, -0.2) is 0 Å². The van der Waals surface area contributed by atoms with Gasteiger partial charge in [0, 0.05) is 37.9 Å². The first kappa shape index (κ1) is 18.5. The van der Waals surface area contributed by atoms with E-state index in [2.05, 4.69) is 21.7 Å². The zero-order valence-electron chi connectivity index (χ0n) is 12.2. The summed E-state index contributed by atoms with van der Waals surface area (Å²) < 4.78 is 0. The highest BCUT2D eigenvalue weighted by Crippen LogP contribution is 2.00. The van der Waals surface area contributed by atoms with Crippen molar-refractivity contribution in [2.24, 2.45) is 0 Å². The minimum absolute atomic E-state index is 0.776. The molecule has 1 aliphatic heterocycles. The van der Waals surface area contributed by atoms with Gasteiger partial charge in [0.15, 0.2) is 0 Å². The molecule has 0 saturated carbocycles. The molecule has 0 aliphatic carbocycles. The van der Waals surface area contributed by atoms with E-state index < -0.39 is 0 Å². The fraction of sp³-hybridized carbons (Fsp3) is 1.00. The quantitative estimate of drug-likeness (QED) is 0.695. The van der Waals surface area contributed by atoms with Crippen LogP contribution in [-0.2, 0) is 0 Å². The molecular formula is C13H29Cl2N3. The summed E-state index contributed by atoms with van der Waals surface area (Å²) in [5.41, 5.74) is 0. The standard InChI is InChI=1S/C8H17ClN2.C5H12ClN/c1-10-5-7-11(8-6-10)4-2-3-9;1-7(2)5-3-4-6/h2-8H2,1H3;3-5H2,1-2H3. The average Bonchev–Trinajstić information content (AvgIpc) is 2.36. The Kier molecular flexibility index (Phi) is 12.8. The fourth-order valence-corrected chi connectivity index (χ4v) is 1.97. The van der Waals surface area contributed by atoms with E-state index in [-0.39, 0.29) is 0 Å². The molecule has 0 radical (unpaired) electrons. The van der Waals surface area contributed by atoms with Crippen LogP contribution in [0, 0.1) is 0 Å². The summed E-state index contributed by atoms with van der Waals surface area (Å²) in [5.74, 6) is 1.57. The SMILES string of the molecule is CN(C)CCCCl.CN1CCN(CCCCl)CC1. The minimum Gasteiger partial charge on any atom is -0.309 e. The molecule has 0 unspecified atom stereocenters. The van der Waals surface area contributed by atoms with Gasteiger partial charge >= 0.3 is 0 Å². The van der Waals surface area contributed by atoms with Crippen LogP contribution < -0.4 is 0 Å². The summed E-state index contributed by atoms with van der Waals surface area (Å²) in [6.45, 7) is 7.13. The van der Waals surface area contributed by atoms with Crippen molar-refractivity contribution in [2.45, 2.75) is 12.8 Å². The first-order chi connectivity index (χ1) is 8.60. The number of nitrogens with zero attached hydrogens (tertiary/aromatic N) is 3. The van der Waals surface area contributed by atoms with Crippen molar-refractivity contribution in [1.82, 2.24) is 14.7 Å². The lowest BCUT2D eigenvalue weighted by atomic mass is 10.3. The maximum absolute atomic E-state index is 5.61. The molecule has 0 aromatic carbocycles. The third-order valence-electron chi connectivity index (χ3n) is 2.94. The first-order valence-electron chi connectivity index (χ1n) is 6.77. The Bertz CT molecular complexity index is 169. The van der Waals surface area contributed by atoms with Gasteiger partial charge in [0.2, 0.25) is 0 Å². The van der Waals surface area contributed by atoms with E-state index in [1.165, 1.54) is 32.7 Å². The van der Waals surface area contributed by atoms with Crippen LogP contribution in [0.2, 0.25) is 0 Å². The summed E-state index contributed by atoms with van der Waals surface area (Å²) in [7, 11) is 6.28. The molecule has 0 aromatic heterocycles. The van der Waals surface area contributed by atoms with Crippen LogP contribution in [-0.4, -0.2) is 86.9 Å². The Labute approximate surface area is 123 Å². The highest BCUT2D eigenvalue weighted by molar-refractivity contribution is 6.18. The summed E-state index contributed by atoms with van der Waals surface area (Å²) in [4.78, 5) is 6.99. The van der Waals surface area contributed by atoms with E-state index in [1.54, 1.807) is 0 Å². The number of rotatable bonds is 6. The van der Waals surface area contributed by atoms with Crippen molar-refractivity contribution in [3.63, 3.8) is 0 Å². The largest absolute Gasteiger partial charge is 0.309 e. The summed E-state index contributed by atoms with van der Waals surface area (Å²) >= 11 is 11.0. The molecule has 0 aromatic rings. The molecular weight excluding hydrogens is 269 g/mol. The van der Waals surface area contributed by atoms with Crippen LogP contribution in [0.5, 0.6) is 0 Å². The van der Waals surface area contributed by atoms with Gasteiger partial charge in [-0.2, -0.15) is 0 Å². The van der Waals surface area contributed by atoms with Crippen LogP contribution in [0.3, 0.4) is 0 Å². The average molecular weight is 298 g/mol. The van der Waals surface area contributed by atoms with E-state index in [9.17, 15) is 0 Å². The Balaban J connectivity index is 0.000000360. The summed E-state index contributed by atoms with van der Waals surface area (Å²) in [5, 5.41) is 0. The van der Waals surface area contributed by atoms with E-state index in [4.69, 9.17) is 23.2 Å². The van der Waals surface area contributed by atoms with Crippen LogP contribution >= 0.6 is 23.2 Å². The number of piperazine rings is 1. The minimum atomic E-state index is 0.776. The highest BCUT2D eigenvalue weighted by atomic mass is 35.5. The van der Waals surface area contributed by atoms with Gasteiger partial charge in [0.05, 0.1) is 0 Å². The molecule has 0 atom stereocenters. The van der Waals surface area contributed by atoms with Crippen LogP contribution in [0.1, 0.15) is 12.8 Å². The van der Waals surface area contributed by atoms with E-state index in [0.717, 1.165) is 31.1 Å². The molecule has 0 amide bonds. The number of halogens is 2. The Hall–Kier alpha value is 0.460. The Morgan fingerprint density at radius 3 is 1.89 bits per heavy atom. The molecule has 0 spiro atoms. The number of hydrogen-bond donors (Lipinski definition) is 0. The molecule has 1 fully saturated rings. The van der Waals surface area contributed by atoms with E-state index in [0.29, 0.717) is 0 Å². The third kappa shape index (κ3) is 11.5. The first-order valence-corrected chi connectivity index (χ1v) is 7.84. The van der Waals surface area contributed by atoms with Crippen molar-refractivity contribution in [3.8, 4) is 0 Å². The third-order valence-corrected chi connectivity index (χ3v) is 3.48. The van der Waals surface area contributed by atoms with Gasteiger partial charge in [-0.3, -0.25) is 0 Å². The van der Waals surface area contributed by atoms with Crippen molar-refractivity contribution in [2.75, 3.05) is 72.2 Å². The lowest BCUT2D eigenvalue weighted by Crippen LogP contribution is -2.44. The second-order valence-electron chi connectivity index (χ2n) is 5.03. The second-order valence-corrected chi connectivity index (χ2v) is 5.79. The maximum atomic E-state index is 5.61. The molecule has 0 bridgehead atoms. The van der Waals surface area contributed by atoms with Crippen LogP contribution in [0.4, 0.5) is 0 Å². The topological polar surface area (TPSA) is 9.72 Å². The fourth-order valence-electron chi connectivity index (χ4n) is 1.73. The summed E-state index contributed by atoms with van der Waals surface area (Å²) in [6, 6.07) is 0. The maximum Gasteiger partial charge on any atom is 0.0235 e. The van der Waals surface area contributed by atoms with Crippen molar-refractivity contribution >= 4 is 23.2 Å². The molecule has 1 heterocycles. The number of alkyl halides is 2. The lowest BCUT2D eigenvalue weighted by Gasteiger charge is -2.32. The van der Waals surface area contributed by atoms with Gasteiger partial charge < -0.3 is 14.7 Å². The highest BCUT2D eigenvalue weighted by Gasteiger charge is 2.12. The molecule has 18 heavy (non-hydrogen) atoms. The zero-order valence-corrected chi connectivity index (χ0v) is 13.7. The summed E-state index contributed by atoms with van der Waals surface area (Å²) in [6.07, 6.45) is 2.22. The van der Waals surface area contributed by atoms with Gasteiger partial charge in [0.25, 0.3) is 0 Å². The Morgan fingerprint density at radius 2 is 1.50 bits per heavy atom. The Morgan fingerprint density at radius 1 is 0.944 bits per heavy atom. The molecule has 1 aliphatic rings. The van der Waals surface area contributed by atoms with Crippen molar-refractivity contribution in [1.29, 1.82) is 0 Å². The number of hydrogen-bond acceptors (Lipinski definition) is 3. The lowest BCUT2D eigenvalue weighted by molar-refractivity contribution is 0.154. The van der Waals surface area contributed by atoms with Crippen molar-refractivity contribution < 1.29 is 0 Å². The zero-order chi connectivity index (χ0) is 13.8. The molecule has 5 heteroatoms. The van der Waals surface area contributed by atoms with Gasteiger partial charge in [0.1, 0.15) is 0 Å². The molecule has 3 nitrogen and oxygen atoms in total. The monoisotopic (exact) mass is 297 g/mol. The molecule has 110 valence electrons. The van der Waals surface area contributed by atoms with Gasteiger partial charge in [-0.05, 0) is 47.1 Å². The van der Waals surface area contributed by atoms with E-state index in [1.807, 2.05) is 14.1 Å². The smallest absolute Gasteiger partial charge is 0.0235 e. The van der Waals surface area contributed by atoms with E-state index >= 15 is 0 Å². The predicted molar refractivity (Wildman–Crippen MR) is 83.2 cm³/mol. The normalized spacial score (nSPS) is 17.7.